The van der Waals surface area contributed by atoms with Gasteiger partial charge in [-0.3, -0.25) is 4.79 Å². The first-order chi connectivity index (χ1) is 11.1. The number of amides is 1. The highest BCUT2D eigenvalue weighted by Gasteiger charge is 2.05. The van der Waals surface area contributed by atoms with Crippen LogP contribution in [0.2, 0.25) is 5.02 Å². The number of anilines is 1. The largest absolute Gasteiger partial charge is 0.484 e. The van der Waals surface area contributed by atoms with Crippen molar-refractivity contribution in [3.05, 3.63) is 71.2 Å². The lowest BCUT2D eigenvalue weighted by Gasteiger charge is -2.09. The van der Waals surface area contributed by atoms with Gasteiger partial charge in [-0.1, -0.05) is 48.0 Å². The third-order valence-corrected chi connectivity index (χ3v) is 3.95. The van der Waals surface area contributed by atoms with Crippen LogP contribution < -0.4 is 10.1 Å². The molecule has 0 saturated heterocycles. The third kappa shape index (κ3) is 3.82. The number of carbonyl (C=O) groups excluding carboxylic acids is 1. The van der Waals surface area contributed by atoms with Crippen LogP contribution in [0.1, 0.15) is 5.56 Å². The minimum absolute atomic E-state index is 0.0518. The van der Waals surface area contributed by atoms with E-state index in [4.69, 9.17) is 16.3 Å². The Hall–Kier alpha value is -2.52. The first kappa shape index (κ1) is 15.4. The second kappa shape index (κ2) is 6.71. The van der Waals surface area contributed by atoms with Crippen molar-refractivity contribution >= 4 is 34.0 Å². The molecule has 0 aliphatic carbocycles. The van der Waals surface area contributed by atoms with Crippen LogP contribution in [0.15, 0.2) is 60.7 Å². The van der Waals surface area contributed by atoms with Crippen LogP contribution in [0.25, 0.3) is 10.8 Å². The van der Waals surface area contributed by atoms with Crippen molar-refractivity contribution in [3.63, 3.8) is 0 Å². The zero-order valence-corrected chi connectivity index (χ0v) is 13.4. The fraction of sp³-hybridized carbons (Fsp3) is 0.105. The lowest BCUT2D eigenvalue weighted by atomic mass is 10.1. The van der Waals surface area contributed by atoms with Gasteiger partial charge < -0.3 is 10.1 Å². The fourth-order valence-electron chi connectivity index (χ4n) is 2.27. The standard InChI is InChI=1S/C19H16ClNO2/c1-13-6-8-16(11-18(13)20)21-19(22)12-23-17-9-7-14-4-2-3-5-15(14)10-17/h2-11H,12H2,1H3,(H,21,22). The van der Waals surface area contributed by atoms with E-state index in [9.17, 15) is 4.79 Å². The summed E-state index contributed by atoms with van der Waals surface area (Å²) in [6.45, 7) is 1.86. The van der Waals surface area contributed by atoms with Gasteiger partial charge in [0.05, 0.1) is 0 Å². The minimum Gasteiger partial charge on any atom is -0.484 e. The van der Waals surface area contributed by atoms with Crippen molar-refractivity contribution in [2.45, 2.75) is 6.92 Å². The van der Waals surface area contributed by atoms with Crippen LogP contribution in [0.5, 0.6) is 5.75 Å². The summed E-state index contributed by atoms with van der Waals surface area (Å²) in [5.41, 5.74) is 1.63. The summed E-state index contributed by atoms with van der Waals surface area (Å²) in [4.78, 5) is 12.0. The van der Waals surface area contributed by atoms with Crippen molar-refractivity contribution in [2.75, 3.05) is 11.9 Å². The van der Waals surface area contributed by atoms with Gasteiger partial charge >= 0.3 is 0 Å². The van der Waals surface area contributed by atoms with Crippen LogP contribution in [0.4, 0.5) is 5.69 Å². The number of carbonyl (C=O) groups is 1. The van der Waals surface area contributed by atoms with Crippen molar-refractivity contribution in [2.24, 2.45) is 0 Å². The molecular weight excluding hydrogens is 310 g/mol. The molecule has 3 rings (SSSR count). The van der Waals surface area contributed by atoms with Gasteiger partial charge in [0, 0.05) is 10.7 Å². The SMILES string of the molecule is Cc1ccc(NC(=O)COc2ccc3ccccc3c2)cc1Cl. The van der Waals surface area contributed by atoms with Gasteiger partial charge in [-0.05, 0) is 47.5 Å². The van der Waals surface area contributed by atoms with Crippen LogP contribution in [0.3, 0.4) is 0 Å². The van der Waals surface area contributed by atoms with Crippen molar-refractivity contribution in [3.8, 4) is 5.75 Å². The summed E-state index contributed by atoms with van der Waals surface area (Å²) in [6.07, 6.45) is 0. The highest BCUT2D eigenvalue weighted by atomic mass is 35.5. The Kier molecular flexibility index (Phi) is 4.49. The Balaban J connectivity index is 1.62. The average Bonchev–Trinajstić information content (AvgIpc) is 2.56. The van der Waals surface area contributed by atoms with E-state index in [1.165, 1.54) is 0 Å². The van der Waals surface area contributed by atoms with Gasteiger partial charge in [-0.2, -0.15) is 0 Å². The first-order valence-electron chi connectivity index (χ1n) is 7.29. The molecule has 1 N–H and O–H groups in total. The number of ether oxygens (including phenoxy) is 1. The lowest BCUT2D eigenvalue weighted by molar-refractivity contribution is -0.118. The van der Waals surface area contributed by atoms with E-state index >= 15 is 0 Å². The molecule has 3 nitrogen and oxygen atoms in total. The number of benzene rings is 3. The second-order valence-electron chi connectivity index (χ2n) is 5.31. The van der Waals surface area contributed by atoms with E-state index in [-0.39, 0.29) is 12.5 Å². The van der Waals surface area contributed by atoms with E-state index in [0.717, 1.165) is 16.3 Å². The molecule has 4 heteroatoms. The number of rotatable bonds is 4. The predicted octanol–water partition coefficient (Wildman–Crippen LogP) is 4.82. The van der Waals surface area contributed by atoms with Gasteiger partial charge in [-0.25, -0.2) is 0 Å². The Morgan fingerprint density at radius 2 is 1.83 bits per heavy atom. The van der Waals surface area contributed by atoms with Gasteiger partial charge in [0.1, 0.15) is 5.75 Å². The van der Waals surface area contributed by atoms with Crippen LogP contribution in [-0.2, 0) is 4.79 Å². The maximum Gasteiger partial charge on any atom is 0.262 e. The minimum atomic E-state index is -0.224. The molecule has 0 fully saturated rings. The zero-order chi connectivity index (χ0) is 16.2. The lowest BCUT2D eigenvalue weighted by Crippen LogP contribution is -2.20. The molecule has 0 bridgehead atoms. The molecule has 116 valence electrons. The molecule has 0 heterocycles. The molecule has 0 unspecified atom stereocenters. The molecule has 3 aromatic carbocycles. The summed E-state index contributed by atoms with van der Waals surface area (Å²) in [5, 5.41) is 5.61. The van der Waals surface area contributed by atoms with Gasteiger partial charge in [0.2, 0.25) is 0 Å². The van der Waals surface area contributed by atoms with Crippen molar-refractivity contribution in [1.29, 1.82) is 0 Å². The maximum atomic E-state index is 12.0. The fourth-order valence-corrected chi connectivity index (χ4v) is 2.45. The summed E-state index contributed by atoms with van der Waals surface area (Å²) >= 11 is 6.04. The Morgan fingerprint density at radius 1 is 1.04 bits per heavy atom. The number of nitrogens with one attached hydrogen (secondary N) is 1. The van der Waals surface area contributed by atoms with Gasteiger partial charge in [-0.15, -0.1) is 0 Å². The van der Waals surface area contributed by atoms with E-state index < -0.39 is 0 Å². The molecule has 3 aromatic rings. The Bertz CT molecular complexity index is 861. The highest BCUT2D eigenvalue weighted by molar-refractivity contribution is 6.31. The van der Waals surface area contributed by atoms with Crippen LogP contribution in [-0.4, -0.2) is 12.5 Å². The van der Waals surface area contributed by atoms with E-state index in [0.29, 0.717) is 16.5 Å². The third-order valence-electron chi connectivity index (χ3n) is 3.55. The molecular formula is C19H16ClNO2. The monoisotopic (exact) mass is 325 g/mol. The average molecular weight is 326 g/mol. The zero-order valence-electron chi connectivity index (χ0n) is 12.7. The number of hydrogen-bond donors (Lipinski definition) is 1. The van der Waals surface area contributed by atoms with Gasteiger partial charge in [0.25, 0.3) is 5.91 Å². The van der Waals surface area contributed by atoms with Crippen LogP contribution in [0, 0.1) is 6.92 Å². The number of halogens is 1. The summed E-state index contributed by atoms with van der Waals surface area (Å²) < 4.78 is 5.56. The van der Waals surface area contributed by atoms with E-state index in [2.05, 4.69) is 5.32 Å². The molecule has 0 aliphatic rings. The smallest absolute Gasteiger partial charge is 0.262 e. The Labute approximate surface area is 139 Å². The van der Waals surface area contributed by atoms with Crippen LogP contribution >= 0.6 is 11.6 Å². The second-order valence-corrected chi connectivity index (χ2v) is 5.72. The summed E-state index contributed by atoms with van der Waals surface area (Å²) in [7, 11) is 0. The quantitative estimate of drug-likeness (QED) is 0.747. The molecule has 0 saturated carbocycles. The molecule has 23 heavy (non-hydrogen) atoms. The maximum absolute atomic E-state index is 12.0. The molecule has 0 spiro atoms. The van der Waals surface area contributed by atoms with Crippen molar-refractivity contribution in [1.82, 2.24) is 0 Å². The molecule has 0 aromatic heterocycles. The van der Waals surface area contributed by atoms with E-state index in [1.807, 2.05) is 61.5 Å². The summed E-state index contributed by atoms with van der Waals surface area (Å²) in [5.74, 6) is 0.443. The normalized spacial score (nSPS) is 10.5. The molecule has 1 amide bonds. The molecule has 0 radical (unpaired) electrons. The Morgan fingerprint density at radius 3 is 2.61 bits per heavy atom. The molecule has 0 atom stereocenters. The number of aryl methyl sites for hydroxylation is 1. The summed E-state index contributed by atoms with van der Waals surface area (Å²) in [6, 6.07) is 19.2. The molecule has 0 aliphatic heterocycles. The van der Waals surface area contributed by atoms with Crippen molar-refractivity contribution < 1.29 is 9.53 Å². The predicted molar refractivity (Wildman–Crippen MR) is 94.3 cm³/mol. The first-order valence-corrected chi connectivity index (χ1v) is 7.67. The number of fused-ring (bicyclic) bond motifs is 1. The number of hydrogen-bond acceptors (Lipinski definition) is 2. The topological polar surface area (TPSA) is 38.3 Å². The highest BCUT2D eigenvalue weighted by Crippen LogP contribution is 2.21. The van der Waals surface area contributed by atoms with E-state index in [1.54, 1.807) is 6.07 Å². The van der Waals surface area contributed by atoms with Gasteiger partial charge in [0.15, 0.2) is 6.61 Å².